The summed E-state index contributed by atoms with van der Waals surface area (Å²) in [5, 5.41) is 5.81. The molecule has 0 aliphatic carbocycles. The van der Waals surface area contributed by atoms with Crippen LogP contribution in [-0.2, 0) is 4.79 Å². The molecular weight excluding hydrogens is 372 g/mol. The second-order valence-electron chi connectivity index (χ2n) is 6.99. The number of hydrogen-bond donors (Lipinski definition) is 2. The van der Waals surface area contributed by atoms with Gasteiger partial charge in [-0.15, -0.1) is 0 Å². The molecule has 6 heteroatoms. The van der Waals surface area contributed by atoms with E-state index in [2.05, 4.69) is 24.5 Å². The van der Waals surface area contributed by atoms with Crippen molar-refractivity contribution in [1.82, 2.24) is 5.32 Å². The fraction of sp³-hybridized carbons (Fsp3) is 0.273. The molecule has 0 radical (unpaired) electrons. The molecule has 2 aromatic carbocycles. The molecule has 0 aromatic heterocycles. The van der Waals surface area contributed by atoms with Crippen LogP contribution in [0.1, 0.15) is 36.2 Å². The highest BCUT2D eigenvalue weighted by atomic mass is 32.2. The van der Waals surface area contributed by atoms with Crippen molar-refractivity contribution < 1.29 is 14.3 Å². The van der Waals surface area contributed by atoms with Crippen molar-refractivity contribution in [1.29, 1.82) is 0 Å². The number of benzene rings is 2. The molecule has 2 aromatic rings. The highest BCUT2D eigenvalue weighted by Crippen LogP contribution is 2.39. The van der Waals surface area contributed by atoms with Crippen LogP contribution in [0.25, 0.3) is 6.08 Å². The maximum Gasteiger partial charge on any atom is 0.262 e. The summed E-state index contributed by atoms with van der Waals surface area (Å²) < 4.78 is 5.16. The maximum atomic E-state index is 12.5. The van der Waals surface area contributed by atoms with E-state index in [1.807, 2.05) is 36.4 Å². The van der Waals surface area contributed by atoms with Crippen molar-refractivity contribution in [3.8, 4) is 5.75 Å². The number of fused-ring (bicyclic) bond motifs is 1. The first kappa shape index (κ1) is 20.0. The van der Waals surface area contributed by atoms with Gasteiger partial charge in [0, 0.05) is 17.0 Å². The molecule has 1 heterocycles. The van der Waals surface area contributed by atoms with Crippen molar-refractivity contribution in [3.63, 3.8) is 0 Å². The van der Waals surface area contributed by atoms with Gasteiger partial charge in [0.2, 0.25) is 0 Å². The van der Waals surface area contributed by atoms with Gasteiger partial charge in [0.25, 0.3) is 11.8 Å². The third-order valence-corrected chi connectivity index (χ3v) is 5.45. The maximum absolute atomic E-state index is 12.5. The number of hydrogen-bond acceptors (Lipinski definition) is 4. The monoisotopic (exact) mass is 396 g/mol. The molecule has 0 saturated heterocycles. The molecule has 1 aliphatic rings. The Balaban J connectivity index is 1.73. The van der Waals surface area contributed by atoms with Crippen molar-refractivity contribution >= 4 is 35.3 Å². The van der Waals surface area contributed by atoms with Gasteiger partial charge in [-0.05, 0) is 54.3 Å². The average molecular weight is 397 g/mol. The minimum Gasteiger partial charge on any atom is -0.497 e. The normalized spacial score (nSPS) is 14.6. The van der Waals surface area contributed by atoms with E-state index in [-0.39, 0.29) is 11.8 Å². The van der Waals surface area contributed by atoms with Gasteiger partial charge in [-0.3, -0.25) is 9.59 Å². The van der Waals surface area contributed by atoms with Gasteiger partial charge in [-0.2, -0.15) is 0 Å². The lowest BCUT2D eigenvalue weighted by Crippen LogP contribution is -2.26. The highest BCUT2D eigenvalue weighted by Gasteiger charge is 2.22. The van der Waals surface area contributed by atoms with Crippen LogP contribution in [0, 0.1) is 5.92 Å². The van der Waals surface area contributed by atoms with Crippen LogP contribution < -0.4 is 15.4 Å². The van der Waals surface area contributed by atoms with E-state index in [0.29, 0.717) is 28.6 Å². The summed E-state index contributed by atoms with van der Waals surface area (Å²) in [5.74, 6) is 1.01. The van der Waals surface area contributed by atoms with Crippen LogP contribution in [0.3, 0.4) is 0 Å². The van der Waals surface area contributed by atoms with Crippen LogP contribution in [0.4, 0.5) is 5.69 Å². The molecule has 1 aliphatic heterocycles. The second-order valence-corrected chi connectivity index (χ2v) is 8.07. The number of methoxy groups -OCH3 is 1. The van der Waals surface area contributed by atoms with Crippen LogP contribution >= 0.6 is 11.8 Å². The number of thioether (sulfide) groups is 1. The van der Waals surface area contributed by atoms with E-state index in [1.165, 1.54) is 11.8 Å². The Morgan fingerprint density at radius 2 is 1.96 bits per heavy atom. The van der Waals surface area contributed by atoms with Crippen LogP contribution in [-0.4, -0.2) is 25.5 Å². The summed E-state index contributed by atoms with van der Waals surface area (Å²) in [6.07, 6.45) is 2.78. The van der Waals surface area contributed by atoms with E-state index < -0.39 is 0 Å². The zero-order valence-electron chi connectivity index (χ0n) is 16.2. The number of anilines is 1. The Morgan fingerprint density at radius 1 is 1.21 bits per heavy atom. The lowest BCUT2D eigenvalue weighted by Gasteiger charge is -2.19. The predicted molar refractivity (Wildman–Crippen MR) is 114 cm³/mol. The van der Waals surface area contributed by atoms with Crippen LogP contribution in [0.5, 0.6) is 5.75 Å². The van der Waals surface area contributed by atoms with Crippen molar-refractivity contribution in [2.75, 3.05) is 19.0 Å². The summed E-state index contributed by atoms with van der Waals surface area (Å²) in [4.78, 5) is 26.3. The largest absolute Gasteiger partial charge is 0.497 e. The molecule has 146 valence electrons. The standard InChI is InChI=1S/C22H24N2O3S/c1-14(2)10-11-23-21(25)16-6-9-19-18(13-16)24-22(26)20(28-19)12-15-4-7-17(27-3)8-5-15/h4-9,12-14H,10-11H2,1-3H3,(H,23,25)(H,24,26). The van der Waals surface area contributed by atoms with Gasteiger partial charge < -0.3 is 15.4 Å². The van der Waals surface area contributed by atoms with Gasteiger partial charge in [0.1, 0.15) is 5.75 Å². The van der Waals surface area contributed by atoms with Gasteiger partial charge in [-0.25, -0.2) is 0 Å². The lowest BCUT2D eigenvalue weighted by molar-refractivity contribution is -0.112. The number of rotatable bonds is 6. The first-order chi connectivity index (χ1) is 13.5. The minimum atomic E-state index is -0.175. The second kappa shape index (κ2) is 8.97. The molecule has 0 unspecified atom stereocenters. The topological polar surface area (TPSA) is 67.4 Å². The highest BCUT2D eigenvalue weighted by molar-refractivity contribution is 8.04. The summed E-state index contributed by atoms with van der Waals surface area (Å²) in [5.41, 5.74) is 2.13. The van der Waals surface area contributed by atoms with E-state index in [1.54, 1.807) is 19.2 Å². The smallest absolute Gasteiger partial charge is 0.262 e. The Hall–Kier alpha value is -2.73. The summed E-state index contributed by atoms with van der Waals surface area (Å²) >= 11 is 1.40. The predicted octanol–water partition coefficient (Wildman–Crippen LogP) is 4.56. The Kier molecular flexibility index (Phi) is 6.41. The Labute approximate surface area is 169 Å². The molecule has 2 amide bonds. The number of carbonyl (C=O) groups excluding carboxylic acids is 2. The molecule has 0 atom stereocenters. The molecule has 5 nitrogen and oxygen atoms in total. The fourth-order valence-electron chi connectivity index (χ4n) is 2.73. The Bertz CT molecular complexity index is 904. The van der Waals surface area contributed by atoms with E-state index in [4.69, 9.17) is 4.74 Å². The summed E-state index contributed by atoms with van der Waals surface area (Å²) in [7, 11) is 1.62. The zero-order chi connectivity index (χ0) is 20.1. The van der Waals surface area contributed by atoms with Gasteiger partial charge in [-0.1, -0.05) is 37.7 Å². The summed E-state index contributed by atoms with van der Waals surface area (Å²) in [6.45, 7) is 4.88. The van der Waals surface area contributed by atoms with Gasteiger partial charge in [0.05, 0.1) is 17.7 Å². The molecule has 2 N–H and O–H groups in total. The molecule has 0 fully saturated rings. The quantitative estimate of drug-likeness (QED) is 0.703. The van der Waals surface area contributed by atoms with Crippen molar-refractivity contribution in [2.24, 2.45) is 5.92 Å². The molecular formula is C22H24N2O3S. The third kappa shape index (κ3) is 4.95. The molecule has 28 heavy (non-hydrogen) atoms. The number of nitrogens with one attached hydrogen (secondary N) is 2. The Morgan fingerprint density at radius 3 is 2.64 bits per heavy atom. The van der Waals surface area contributed by atoms with E-state index >= 15 is 0 Å². The van der Waals surface area contributed by atoms with Gasteiger partial charge >= 0.3 is 0 Å². The average Bonchev–Trinajstić information content (AvgIpc) is 2.68. The van der Waals surface area contributed by atoms with Gasteiger partial charge in [0.15, 0.2) is 0 Å². The zero-order valence-corrected chi connectivity index (χ0v) is 17.1. The molecule has 0 saturated carbocycles. The third-order valence-electron chi connectivity index (χ3n) is 4.35. The minimum absolute atomic E-state index is 0.123. The molecule has 0 spiro atoms. The van der Waals surface area contributed by atoms with E-state index in [0.717, 1.165) is 22.6 Å². The number of amides is 2. The van der Waals surface area contributed by atoms with Crippen molar-refractivity contribution in [2.45, 2.75) is 25.2 Å². The summed E-state index contributed by atoms with van der Waals surface area (Å²) in [6, 6.07) is 12.9. The molecule has 0 bridgehead atoms. The van der Waals surface area contributed by atoms with E-state index in [9.17, 15) is 9.59 Å². The first-order valence-corrected chi connectivity index (χ1v) is 10.0. The van der Waals surface area contributed by atoms with Crippen molar-refractivity contribution in [3.05, 3.63) is 58.5 Å². The molecule has 3 rings (SSSR count). The fourth-order valence-corrected chi connectivity index (χ4v) is 3.66. The first-order valence-electron chi connectivity index (χ1n) is 9.23. The SMILES string of the molecule is COc1ccc(C=C2Sc3ccc(C(=O)NCCC(C)C)cc3NC2=O)cc1. The number of carbonyl (C=O) groups is 2. The van der Waals surface area contributed by atoms with Crippen LogP contribution in [0.2, 0.25) is 0 Å². The number of ether oxygens (including phenoxy) is 1. The van der Waals surface area contributed by atoms with Crippen LogP contribution in [0.15, 0.2) is 52.3 Å². The lowest BCUT2D eigenvalue weighted by atomic mass is 10.1.